The van der Waals surface area contributed by atoms with Crippen LogP contribution in [0.4, 0.5) is 5.82 Å². The summed E-state index contributed by atoms with van der Waals surface area (Å²) in [6.07, 6.45) is 5.44. The number of carbonyl (C=O) groups is 1. The average molecular weight is 424 g/mol. The molecular weight excluding hydrogens is 394 g/mol. The number of nitrogens with zero attached hydrogens (tertiary/aromatic N) is 4. The van der Waals surface area contributed by atoms with E-state index < -0.39 is 0 Å². The van der Waals surface area contributed by atoms with Gasteiger partial charge < -0.3 is 24.6 Å². The van der Waals surface area contributed by atoms with E-state index in [0.717, 1.165) is 48.2 Å². The molecule has 4 rings (SSSR count). The van der Waals surface area contributed by atoms with E-state index in [4.69, 9.17) is 19.4 Å². The minimum atomic E-state index is -0.0943. The topological polar surface area (TPSA) is 79.8 Å². The van der Waals surface area contributed by atoms with Crippen molar-refractivity contribution in [3.63, 3.8) is 0 Å². The van der Waals surface area contributed by atoms with E-state index in [9.17, 15) is 4.79 Å². The lowest BCUT2D eigenvalue weighted by atomic mass is 10.1. The summed E-state index contributed by atoms with van der Waals surface area (Å²) in [4.78, 5) is 25.7. The summed E-state index contributed by atoms with van der Waals surface area (Å²) >= 11 is 0. The first kappa shape index (κ1) is 21.1. The zero-order valence-electron chi connectivity index (χ0n) is 18.4. The molecule has 1 N–H and O–H groups in total. The summed E-state index contributed by atoms with van der Waals surface area (Å²) in [5, 5.41) is 4.53. The van der Waals surface area contributed by atoms with E-state index in [1.54, 1.807) is 19.1 Å². The number of aromatic nitrogens is 2. The lowest BCUT2D eigenvalue weighted by Crippen LogP contribution is -2.37. The Kier molecular flexibility index (Phi) is 6.08. The SMILES string of the molecule is C=CC(=O)N1CC=C(c2nc(NC3CCN(C)CC3)c3cc(OC)c(OC)cc3n2)C1. The summed E-state index contributed by atoms with van der Waals surface area (Å²) < 4.78 is 11.0. The van der Waals surface area contributed by atoms with Crippen LogP contribution in [0.3, 0.4) is 0 Å². The fourth-order valence-corrected chi connectivity index (χ4v) is 4.07. The molecule has 164 valence electrons. The minimum Gasteiger partial charge on any atom is -0.493 e. The Morgan fingerprint density at radius 3 is 2.58 bits per heavy atom. The molecule has 1 saturated heterocycles. The van der Waals surface area contributed by atoms with Crippen molar-refractivity contribution in [2.24, 2.45) is 0 Å². The van der Waals surface area contributed by atoms with E-state index in [0.29, 0.717) is 36.5 Å². The molecule has 0 radical (unpaired) electrons. The van der Waals surface area contributed by atoms with Gasteiger partial charge in [0.2, 0.25) is 5.91 Å². The van der Waals surface area contributed by atoms with Gasteiger partial charge in [-0.1, -0.05) is 12.7 Å². The number of rotatable bonds is 6. The van der Waals surface area contributed by atoms with Crippen molar-refractivity contribution in [1.82, 2.24) is 19.8 Å². The van der Waals surface area contributed by atoms with Gasteiger partial charge in [0, 0.05) is 36.2 Å². The number of anilines is 1. The highest BCUT2D eigenvalue weighted by molar-refractivity contribution is 5.94. The molecular formula is C23H29N5O3. The second kappa shape index (κ2) is 8.93. The van der Waals surface area contributed by atoms with Crippen molar-refractivity contribution >= 4 is 28.2 Å². The highest BCUT2D eigenvalue weighted by atomic mass is 16.5. The van der Waals surface area contributed by atoms with Gasteiger partial charge in [0.25, 0.3) is 0 Å². The number of likely N-dealkylation sites (tertiary alicyclic amines) is 1. The molecule has 0 spiro atoms. The number of piperidine rings is 1. The molecule has 31 heavy (non-hydrogen) atoms. The van der Waals surface area contributed by atoms with E-state index in [1.807, 2.05) is 18.2 Å². The highest BCUT2D eigenvalue weighted by Crippen LogP contribution is 2.35. The first-order valence-electron chi connectivity index (χ1n) is 10.5. The largest absolute Gasteiger partial charge is 0.493 e. The van der Waals surface area contributed by atoms with Crippen LogP contribution in [0.25, 0.3) is 16.5 Å². The number of carbonyl (C=O) groups excluding carboxylic acids is 1. The first-order chi connectivity index (χ1) is 15.0. The molecule has 1 aromatic heterocycles. The van der Waals surface area contributed by atoms with Crippen molar-refractivity contribution in [3.8, 4) is 11.5 Å². The zero-order chi connectivity index (χ0) is 22.0. The van der Waals surface area contributed by atoms with Gasteiger partial charge in [-0.2, -0.15) is 0 Å². The molecule has 1 amide bonds. The second-order valence-electron chi connectivity index (χ2n) is 7.99. The quantitative estimate of drug-likeness (QED) is 0.716. The van der Waals surface area contributed by atoms with Crippen LogP contribution in [-0.2, 0) is 4.79 Å². The standard InChI is InChI=1S/C23H29N5O3/c1-5-21(29)28-11-6-15(14-28)22-25-18-13-20(31-4)19(30-3)12-17(18)23(26-22)24-16-7-9-27(2)10-8-16/h5-6,12-13,16H,1,7-11,14H2,2-4H3,(H,24,25,26). The number of ether oxygens (including phenoxy) is 2. The van der Waals surface area contributed by atoms with Crippen LogP contribution in [0.5, 0.6) is 11.5 Å². The molecule has 0 bridgehead atoms. The predicted octanol–water partition coefficient (Wildman–Crippen LogP) is 2.56. The van der Waals surface area contributed by atoms with Gasteiger partial charge in [0.15, 0.2) is 17.3 Å². The van der Waals surface area contributed by atoms with Gasteiger partial charge in [0.1, 0.15) is 5.82 Å². The zero-order valence-corrected chi connectivity index (χ0v) is 18.4. The summed E-state index contributed by atoms with van der Waals surface area (Å²) in [7, 11) is 5.38. The molecule has 0 atom stereocenters. The van der Waals surface area contributed by atoms with Crippen molar-refractivity contribution in [2.75, 3.05) is 52.8 Å². The lowest BCUT2D eigenvalue weighted by molar-refractivity contribution is -0.124. The van der Waals surface area contributed by atoms with Crippen molar-refractivity contribution in [1.29, 1.82) is 0 Å². The van der Waals surface area contributed by atoms with E-state index in [-0.39, 0.29) is 5.91 Å². The van der Waals surface area contributed by atoms with Crippen LogP contribution in [0, 0.1) is 0 Å². The number of benzene rings is 1. The lowest BCUT2D eigenvalue weighted by Gasteiger charge is -2.30. The minimum absolute atomic E-state index is 0.0943. The summed E-state index contributed by atoms with van der Waals surface area (Å²) in [6.45, 7) is 6.68. The maximum Gasteiger partial charge on any atom is 0.246 e. The van der Waals surface area contributed by atoms with Crippen molar-refractivity contribution in [3.05, 3.63) is 36.7 Å². The summed E-state index contributed by atoms with van der Waals surface area (Å²) in [6, 6.07) is 4.14. The fourth-order valence-electron chi connectivity index (χ4n) is 4.07. The third kappa shape index (κ3) is 4.34. The molecule has 1 fully saturated rings. The Labute approximate surface area is 182 Å². The van der Waals surface area contributed by atoms with Gasteiger partial charge in [-0.3, -0.25) is 4.79 Å². The maximum atomic E-state index is 12.0. The molecule has 1 aromatic carbocycles. The Morgan fingerprint density at radius 1 is 1.19 bits per heavy atom. The molecule has 0 unspecified atom stereocenters. The van der Waals surface area contributed by atoms with Crippen molar-refractivity contribution < 1.29 is 14.3 Å². The Hall–Kier alpha value is -3.13. The first-order valence-corrected chi connectivity index (χ1v) is 10.5. The van der Waals surface area contributed by atoms with Crippen LogP contribution >= 0.6 is 0 Å². The average Bonchev–Trinajstić information content (AvgIpc) is 3.29. The Morgan fingerprint density at radius 2 is 1.90 bits per heavy atom. The van der Waals surface area contributed by atoms with E-state index in [1.165, 1.54) is 6.08 Å². The number of nitrogens with one attached hydrogen (secondary N) is 1. The van der Waals surface area contributed by atoms with Crippen LogP contribution in [0.15, 0.2) is 30.9 Å². The highest BCUT2D eigenvalue weighted by Gasteiger charge is 2.24. The Balaban J connectivity index is 1.73. The van der Waals surface area contributed by atoms with Gasteiger partial charge >= 0.3 is 0 Å². The monoisotopic (exact) mass is 423 g/mol. The van der Waals surface area contributed by atoms with Crippen LogP contribution in [-0.4, -0.2) is 79.2 Å². The molecule has 8 nitrogen and oxygen atoms in total. The van der Waals surface area contributed by atoms with Gasteiger partial charge in [-0.15, -0.1) is 0 Å². The molecule has 2 aromatic rings. The molecule has 2 aliphatic heterocycles. The molecule has 8 heteroatoms. The van der Waals surface area contributed by atoms with E-state index >= 15 is 0 Å². The number of amides is 1. The smallest absolute Gasteiger partial charge is 0.246 e. The maximum absolute atomic E-state index is 12.0. The van der Waals surface area contributed by atoms with Gasteiger partial charge in [-0.25, -0.2) is 9.97 Å². The number of fused-ring (bicyclic) bond motifs is 1. The predicted molar refractivity (Wildman–Crippen MR) is 122 cm³/mol. The Bertz CT molecular complexity index is 1030. The second-order valence-corrected chi connectivity index (χ2v) is 7.99. The van der Waals surface area contributed by atoms with Gasteiger partial charge in [-0.05, 0) is 45.1 Å². The van der Waals surface area contributed by atoms with Crippen LogP contribution in [0.1, 0.15) is 18.7 Å². The summed E-state index contributed by atoms with van der Waals surface area (Å²) in [5.41, 5.74) is 1.70. The number of hydrogen-bond acceptors (Lipinski definition) is 7. The number of hydrogen-bond donors (Lipinski definition) is 1. The van der Waals surface area contributed by atoms with Crippen LogP contribution in [0.2, 0.25) is 0 Å². The fraction of sp³-hybridized carbons (Fsp3) is 0.435. The normalized spacial score (nSPS) is 17.5. The molecule has 2 aliphatic rings. The van der Waals surface area contributed by atoms with Gasteiger partial charge in [0.05, 0.1) is 19.7 Å². The van der Waals surface area contributed by atoms with E-state index in [2.05, 4.69) is 23.8 Å². The summed E-state index contributed by atoms with van der Waals surface area (Å²) in [5.74, 6) is 2.57. The van der Waals surface area contributed by atoms with Crippen molar-refractivity contribution in [2.45, 2.75) is 18.9 Å². The van der Waals surface area contributed by atoms with Crippen LogP contribution < -0.4 is 14.8 Å². The molecule has 0 aliphatic carbocycles. The number of methoxy groups -OCH3 is 2. The molecule has 0 saturated carbocycles. The third-order valence-electron chi connectivity index (χ3n) is 5.95. The molecule has 3 heterocycles. The third-order valence-corrected chi connectivity index (χ3v) is 5.95.